The maximum absolute atomic E-state index is 6.08. The Labute approximate surface area is 150 Å². The van der Waals surface area contributed by atoms with Gasteiger partial charge in [0.05, 0.1) is 19.8 Å². The molecule has 7 nitrogen and oxygen atoms in total. The van der Waals surface area contributed by atoms with Gasteiger partial charge in [-0.1, -0.05) is 13.0 Å². The van der Waals surface area contributed by atoms with Crippen molar-refractivity contribution in [3.63, 3.8) is 0 Å². The van der Waals surface area contributed by atoms with Crippen molar-refractivity contribution in [3.05, 3.63) is 23.9 Å². The van der Waals surface area contributed by atoms with Crippen LogP contribution in [0.3, 0.4) is 0 Å². The molecule has 1 atom stereocenters. The van der Waals surface area contributed by atoms with E-state index in [0.717, 1.165) is 50.8 Å². The summed E-state index contributed by atoms with van der Waals surface area (Å²) in [5.74, 6) is 1.51. The third-order valence-corrected chi connectivity index (χ3v) is 5.02. The molecule has 3 heterocycles. The fraction of sp³-hybridized carbons (Fsp3) is 0.667. The molecule has 2 aliphatic heterocycles. The van der Waals surface area contributed by atoms with E-state index in [4.69, 9.17) is 10.5 Å². The number of rotatable bonds is 6. The number of guanidine groups is 1. The van der Waals surface area contributed by atoms with Gasteiger partial charge >= 0.3 is 0 Å². The highest BCUT2D eigenvalue weighted by Crippen LogP contribution is 2.19. The first-order chi connectivity index (χ1) is 12.3. The van der Waals surface area contributed by atoms with Crippen LogP contribution in [0.25, 0.3) is 0 Å². The zero-order chi connectivity index (χ0) is 17.5. The molecule has 3 rings (SSSR count). The van der Waals surface area contributed by atoms with Crippen LogP contribution in [-0.4, -0.2) is 67.8 Å². The Morgan fingerprint density at radius 2 is 2.24 bits per heavy atom. The quantitative estimate of drug-likeness (QED) is 0.586. The first-order valence-corrected chi connectivity index (χ1v) is 9.32. The number of nitrogens with zero attached hydrogens (tertiary/aromatic N) is 4. The molecule has 25 heavy (non-hydrogen) atoms. The largest absolute Gasteiger partial charge is 0.378 e. The lowest BCUT2D eigenvalue weighted by Gasteiger charge is -2.29. The molecule has 3 N–H and O–H groups in total. The van der Waals surface area contributed by atoms with Crippen molar-refractivity contribution in [1.82, 2.24) is 15.2 Å². The number of anilines is 1. The van der Waals surface area contributed by atoms with Crippen molar-refractivity contribution in [1.29, 1.82) is 0 Å². The smallest absolute Gasteiger partial charge is 0.188 e. The fourth-order valence-corrected chi connectivity index (χ4v) is 3.60. The van der Waals surface area contributed by atoms with Gasteiger partial charge in [0.25, 0.3) is 0 Å². The Bertz CT molecular complexity index is 572. The molecule has 2 fully saturated rings. The highest BCUT2D eigenvalue weighted by molar-refractivity contribution is 5.77. The lowest BCUT2D eigenvalue weighted by molar-refractivity contribution is 0.122. The minimum absolute atomic E-state index is 0.514. The normalized spacial score (nSPS) is 22.4. The van der Waals surface area contributed by atoms with Crippen molar-refractivity contribution >= 4 is 11.8 Å². The number of likely N-dealkylation sites (N-methyl/N-ethyl adjacent to an activating group) is 1. The predicted octanol–water partition coefficient (Wildman–Crippen LogP) is 0.807. The molecule has 0 bridgehead atoms. The maximum atomic E-state index is 6.08. The van der Waals surface area contributed by atoms with Gasteiger partial charge in [-0.05, 0) is 32.0 Å². The highest BCUT2D eigenvalue weighted by Gasteiger charge is 2.22. The van der Waals surface area contributed by atoms with Crippen LogP contribution in [-0.2, 0) is 11.3 Å². The lowest BCUT2D eigenvalue weighted by Crippen LogP contribution is -2.42. The van der Waals surface area contributed by atoms with Gasteiger partial charge in [0, 0.05) is 37.4 Å². The van der Waals surface area contributed by atoms with Gasteiger partial charge in [0.2, 0.25) is 0 Å². The van der Waals surface area contributed by atoms with Crippen molar-refractivity contribution in [2.45, 2.75) is 32.4 Å². The molecule has 0 amide bonds. The Morgan fingerprint density at radius 1 is 1.40 bits per heavy atom. The number of aliphatic imine (C=N–C) groups is 1. The van der Waals surface area contributed by atoms with Crippen LogP contribution in [0.15, 0.2) is 23.3 Å². The maximum Gasteiger partial charge on any atom is 0.188 e. The van der Waals surface area contributed by atoms with Gasteiger partial charge in [0.1, 0.15) is 5.82 Å². The summed E-state index contributed by atoms with van der Waals surface area (Å²) in [7, 11) is 0. The average Bonchev–Trinajstić information content (AvgIpc) is 3.13. The van der Waals surface area contributed by atoms with Crippen molar-refractivity contribution < 1.29 is 4.74 Å². The summed E-state index contributed by atoms with van der Waals surface area (Å²) in [6.45, 7) is 9.16. The van der Waals surface area contributed by atoms with Crippen LogP contribution in [0.5, 0.6) is 0 Å². The van der Waals surface area contributed by atoms with Crippen LogP contribution in [0.2, 0.25) is 0 Å². The predicted molar refractivity (Wildman–Crippen MR) is 101 cm³/mol. The molecule has 2 saturated heterocycles. The minimum atomic E-state index is 0.514. The summed E-state index contributed by atoms with van der Waals surface area (Å²) in [6.07, 6.45) is 4.34. The second-order valence-corrected chi connectivity index (χ2v) is 6.59. The molecule has 0 saturated carbocycles. The zero-order valence-electron chi connectivity index (χ0n) is 15.2. The lowest BCUT2D eigenvalue weighted by atomic mass is 10.2. The van der Waals surface area contributed by atoms with E-state index in [1.807, 2.05) is 12.3 Å². The van der Waals surface area contributed by atoms with Crippen LogP contribution in [0, 0.1) is 0 Å². The van der Waals surface area contributed by atoms with E-state index < -0.39 is 0 Å². The second-order valence-electron chi connectivity index (χ2n) is 6.59. The Balaban J connectivity index is 1.55. The monoisotopic (exact) mass is 346 g/mol. The summed E-state index contributed by atoms with van der Waals surface area (Å²) >= 11 is 0. The molecule has 0 radical (unpaired) electrons. The standard InChI is InChI=1S/C18H30N6O/c1-2-23-8-4-6-16(23)14-22-18(19)21-13-15-5-3-7-20-17(15)24-9-11-25-12-10-24/h3,5,7,16H,2,4,6,8-14H2,1H3,(H3,19,21,22). The summed E-state index contributed by atoms with van der Waals surface area (Å²) in [5, 5.41) is 3.29. The second kappa shape index (κ2) is 9.01. The van der Waals surface area contributed by atoms with Crippen LogP contribution >= 0.6 is 0 Å². The molecule has 1 aromatic rings. The van der Waals surface area contributed by atoms with E-state index in [9.17, 15) is 0 Å². The number of nitrogens with two attached hydrogens (primary N) is 1. The van der Waals surface area contributed by atoms with Crippen LogP contribution in [0.1, 0.15) is 25.3 Å². The van der Waals surface area contributed by atoms with Gasteiger partial charge in [-0.3, -0.25) is 4.90 Å². The fourth-order valence-electron chi connectivity index (χ4n) is 3.60. The number of ether oxygens (including phenoxy) is 1. The van der Waals surface area contributed by atoms with Crippen LogP contribution in [0.4, 0.5) is 5.82 Å². The summed E-state index contributed by atoms with van der Waals surface area (Å²) < 4.78 is 5.43. The van der Waals surface area contributed by atoms with E-state index in [2.05, 4.69) is 38.1 Å². The molecule has 0 aromatic carbocycles. The van der Waals surface area contributed by atoms with E-state index in [-0.39, 0.29) is 0 Å². The Morgan fingerprint density at radius 3 is 3.04 bits per heavy atom. The number of pyridine rings is 1. The molecular weight excluding hydrogens is 316 g/mol. The molecule has 1 aromatic heterocycles. The summed E-state index contributed by atoms with van der Waals surface area (Å²) in [5.41, 5.74) is 7.18. The number of aromatic nitrogens is 1. The summed E-state index contributed by atoms with van der Waals surface area (Å²) in [4.78, 5) is 13.8. The molecular formula is C18H30N6O. The van der Waals surface area contributed by atoms with E-state index in [0.29, 0.717) is 18.5 Å². The topological polar surface area (TPSA) is 79.0 Å². The first-order valence-electron chi connectivity index (χ1n) is 9.32. The Kier molecular flexibility index (Phi) is 6.47. The molecule has 0 aliphatic carbocycles. The van der Waals surface area contributed by atoms with Crippen molar-refractivity contribution in [3.8, 4) is 0 Å². The van der Waals surface area contributed by atoms with Crippen LogP contribution < -0.4 is 16.0 Å². The third kappa shape index (κ3) is 4.83. The van der Waals surface area contributed by atoms with E-state index in [1.165, 1.54) is 19.4 Å². The number of morpholine rings is 1. The third-order valence-electron chi connectivity index (χ3n) is 5.02. The van der Waals surface area contributed by atoms with Gasteiger partial charge in [-0.25, -0.2) is 9.98 Å². The molecule has 1 unspecified atom stereocenters. The Hall–Kier alpha value is -1.86. The van der Waals surface area contributed by atoms with E-state index >= 15 is 0 Å². The van der Waals surface area contributed by atoms with Crippen molar-refractivity contribution in [2.75, 3.05) is 50.8 Å². The summed E-state index contributed by atoms with van der Waals surface area (Å²) in [6, 6.07) is 4.60. The number of hydrogen-bond acceptors (Lipinski definition) is 5. The average molecular weight is 346 g/mol. The number of nitrogens with one attached hydrogen (secondary N) is 1. The number of likely N-dealkylation sites (tertiary alicyclic amines) is 1. The van der Waals surface area contributed by atoms with Gasteiger partial charge in [0.15, 0.2) is 5.96 Å². The van der Waals surface area contributed by atoms with Gasteiger partial charge in [-0.2, -0.15) is 0 Å². The van der Waals surface area contributed by atoms with Gasteiger partial charge < -0.3 is 20.7 Å². The van der Waals surface area contributed by atoms with Gasteiger partial charge in [-0.15, -0.1) is 0 Å². The van der Waals surface area contributed by atoms with E-state index in [1.54, 1.807) is 0 Å². The SMILES string of the molecule is CCN1CCCC1CNC(N)=NCc1cccnc1N1CCOCC1. The minimum Gasteiger partial charge on any atom is -0.378 e. The first kappa shape index (κ1) is 17.9. The molecule has 7 heteroatoms. The molecule has 138 valence electrons. The molecule has 2 aliphatic rings. The molecule has 0 spiro atoms. The zero-order valence-corrected chi connectivity index (χ0v) is 15.2. The van der Waals surface area contributed by atoms with Crippen molar-refractivity contribution in [2.24, 2.45) is 10.7 Å². The number of hydrogen-bond donors (Lipinski definition) is 2. The highest BCUT2D eigenvalue weighted by atomic mass is 16.5.